The van der Waals surface area contributed by atoms with Crippen molar-refractivity contribution >= 4 is 15.7 Å². The van der Waals surface area contributed by atoms with E-state index >= 15 is 0 Å². The molecule has 3 N–H and O–H groups in total. The molecule has 14 heavy (non-hydrogen) atoms. The monoisotopic (exact) mass is 222 g/mol. The first-order valence-electron chi connectivity index (χ1n) is 4.56. The lowest BCUT2D eigenvalue weighted by Crippen LogP contribution is -2.37. The van der Waals surface area contributed by atoms with Gasteiger partial charge in [-0.25, -0.2) is 8.42 Å². The Morgan fingerprint density at radius 3 is 2.43 bits per heavy atom. The number of carbonyl (C=O) groups excluding carboxylic acids is 1. The van der Waals surface area contributed by atoms with Crippen LogP contribution in [-0.2, 0) is 14.6 Å². The molecule has 6 heteroatoms. The van der Waals surface area contributed by atoms with Crippen molar-refractivity contribution < 1.29 is 13.2 Å². The maximum Gasteiger partial charge on any atom is 0.238 e. The van der Waals surface area contributed by atoms with Crippen LogP contribution in [0.2, 0.25) is 0 Å². The summed E-state index contributed by atoms with van der Waals surface area (Å²) in [6.45, 7) is 2.45. The first kappa shape index (κ1) is 13.4. The SMILES string of the molecule is CC(C(=O)NCCCCN)S(C)(=O)=O. The first-order chi connectivity index (χ1) is 6.39. The number of hydrogen-bond acceptors (Lipinski definition) is 4. The summed E-state index contributed by atoms with van der Waals surface area (Å²) in [5.41, 5.74) is 5.27. The van der Waals surface area contributed by atoms with E-state index in [4.69, 9.17) is 5.73 Å². The molecule has 0 fully saturated rings. The molecule has 0 aliphatic heterocycles. The van der Waals surface area contributed by atoms with Crippen LogP contribution in [0.25, 0.3) is 0 Å². The molecule has 0 aromatic heterocycles. The lowest BCUT2D eigenvalue weighted by atomic mass is 10.3. The van der Waals surface area contributed by atoms with Crippen molar-refractivity contribution in [1.29, 1.82) is 0 Å². The van der Waals surface area contributed by atoms with Crippen molar-refractivity contribution in [3.8, 4) is 0 Å². The van der Waals surface area contributed by atoms with Gasteiger partial charge in [0, 0.05) is 12.8 Å². The van der Waals surface area contributed by atoms with Crippen molar-refractivity contribution in [2.45, 2.75) is 25.0 Å². The van der Waals surface area contributed by atoms with Crippen molar-refractivity contribution in [3.63, 3.8) is 0 Å². The van der Waals surface area contributed by atoms with E-state index in [-0.39, 0.29) is 0 Å². The highest BCUT2D eigenvalue weighted by Crippen LogP contribution is 1.97. The molecule has 0 spiro atoms. The lowest BCUT2D eigenvalue weighted by molar-refractivity contribution is -0.120. The van der Waals surface area contributed by atoms with Crippen molar-refractivity contribution in [3.05, 3.63) is 0 Å². The predicted molar refractivity (Wildman–Crippen MR) is 55.6 cm³/mol. The Hall–Kier alpha value is -0.620. The van der Waals surface area contributed by atoms with Crippen LogP contribution in [0.4, 0.5) is 0 Å². The fourth-order valence-corrected chi connectivity index (χ4v) is 1.29. The van der Waals surface area contributed by atoms with Gasteiger partial charge in [-0.05, 0) is 26.3 Å². The minimum Gasteiger partial charge on any atom is -0.355 e. The third-order valence-corrected chi connectivity index (χ3v) is 3.44. The van der Waals surface area contributed by atoms with Crippen LogP contribution >= 0.6 is 0 Å². The molecule has 1 unspecified atom stereocenters. The molecule has 1 amide bonds. The van der Waals surface area contributed by atoms with Crippen LogP contribution in [0, 0.1) is 0 Å². The average Bonchev–Trinajstić information content (AvgIpc) is 2.09. The number of amides is 1. The Morgan fingerprint density at radius 2 is 2.00 bits per heavy atom. The average molecular weight is 222 g/mol. The van der Waals surface area contributed by atoms with Gasteiger partial charge in [-0.2, -0.15) is 0 Å². The molecular formula is C8H18N2O3S. The Labute approximate surface area is 85.0 Å². The van der Waals surface area contributed by atoms with E-state index in [1.54, 1.807) is 0 Å². The van der Waals surface area contributed by atoms with E-state index < -0.39 is 21.0 Å². The predicted octanol–water partition coefficient (Wildman–Crippen LogP) is -0.725. The smallest absolute Gasteiger partial charge is 0.238 e. The van der Waals surface area contributed by atoms with E-state index in [0.29, 0.717) is 13.1 Å². The number of unbranched alkanes of at least 4 members (excludes halogenated alkanes) is 1. The number of nitrogens with two attached hydrogens (primary N) is 1. The van der Waals surface area contributed by atoms with Gasteiger partial charge in [0.05, 0.1) is 0 Å². The molecular weight excluding hydrogens is 204 g/mol. The van der Waals surface area contributed by atoms with E-state index in [1.165, 1.54) is 6.92 Å². The van der Waals surface area contributed by atoms with Crippen LogP contribution in [-0.4, -0.2) is 38.9 Å². The molecule has 84 valence electrons. The Bertz CT molecular complexity index is 274. The largest absolute Gasteiger partial charge is 0.355 e. The highest BCUT2D eigenvalue weighted by Gasteiger charge is 2.22. The summed E-state index contributed by atoms with van der Waals surface area (Å²) < 4.78 is 22.0. The number of carbonyl (C=O) groups is 1. The third-order valence-electron chi connectivity index (χ3n) is 1.94. The number of hydrogen-bond donors (Lipinski definition) is 2. The van der Waals surface area contributed by atoms with E-state index in [1.807, 2.05) is 0 Å². The first-order valence-corrected chi connectivity index (χ1v) is 6.51. The van der Waals surface area contributed by atoms with Crippen molar-refractivity contribution in [1.82, 2.24) is 5.32 Å². The van der Waals surface area contributed by atoms with Crippen LogP contribution in [0.15, 0.2) is 0 Å². The Morgan fingerprint density at radius 1 is 1.43 bits per heavy atom. The van der Waals surface area contributed by atoms with Crippen LogP contribution in [0.3, 0.4) is 0 Å². The molecule has 0 aromatic rings. The van der Waals surface area contributed by atoms with Gasteiger partial charge in [0.2, 0.25) is 5.91 Å². The van der Waals surface area contributed by atoms with Crippen LogP contribution in [0.1, 0.15) is 19.8 Å². The summed E-state index contributed by atoms with van der Waals surface area (Å²) in [5, 5.41) is 1.58. The quantitative estimate of drug-likeness (QED) is 0.580. The van der Waals surface area contributed by atoms with Crippen LogP contribution < -0.4 is 11.1 Å². The Balaban J connectivity index is 3.86. The second-order valence-corrected chi connectivity index (χ2v) is 5.62. The number of nitrogens with one attached hydrogen (secondary N) is 1. The minimum atomic E-state index is -3.28. The molecule has 0 bridgehead atoms. The molecule has 0 rings (SSSR count). The third kappa shape index (κ3) is 5.18. The number of rotatable bonds is 6. The highest BCUT2D eigenvalue weighted by molar-refractivity contribution is 7.92. The molecule has 0 saturated carbocycles. The maximum atomic E-state index is 11.2. The highest BCUT2D eigenvalue weighted by atomic mass is 32.2. The van der Waals surface area contributed by atoms with Crippen LogP contribution in [0.5, 0.6) is 0 Å². The van der Waals surface area contributed by atoms with Gasteiger partial charge < -0.3 is 11.1 Å². The molecule has 5 nitrogen and oxygen atoms in total. The van der Waals surface area contributed by atoms with Gasteiger partial charge in [0.1, 0.15) is 5.25 Å². The molecule has 1 atom stereocenters. The number of sulfone groups is 1. The fraction of sp³-hybridized carbons (Fsp3) is 0.875. The zero-order valence-electron chi connectivity index (χ0n) is 8.62. The molecule has 0 aliphatic rings. The molecule has 0 aliphatic carbocycles. The second kappa shape index (κ2) is 5.98. The van der Waals surface area contributed by atoms with Gasteiger partial charge in [0.25, 0.3) is 0 Å². The van der Waals surface area contributed by atoms with Gasteiger partial charge in [-0.15, -0.1) is 0 Å². The summed E-state index contributed by atoms with van der Waals surface area (Å²) in [6, 6.07) is 0. The zero-order valence-corrected chi connectivity index (χ0v) is 9.43. The van der Waals surface area contributed by atoms with Gasteiger partial charge >= 0.3 is 0 Å². The van der Waals surface area contributed by atoms with Crippen molar-refractivity contribution in [2.24, 2.45) is 5.73 Å². The summed E-state index contributed by atoms with van der Waals surface area (Å²) in [6.07, 6.45) is 2.66. The van der Waals surface area contributed by atoms with Crippen molar-refractivity contribution in [2.75, 3.05) is 19.3 Å². The maximum absolute atomic E-state index is 11.2. The molecule has 0 radical (unpaired) electrons. The summed E-state index contributed by atoms with van der Waals surface area (Å²) in [4.78, 5) is 11.2. The molecule has 0 saturated heterocycles. The second-order valence-electron chi connectivity index (χ2n) is 3.26. The summed E-state index contributed by atoms with van der Waals surface area (Å²) >= 11 is 0. The molecule has 0 heterocycles. The topological polar surface area (TPSA) is 89.3 Å². The van der Waals surface area contributed by atoms with E-state index in [2.05, 4.69) is 5.32 Å². The summed E-state index contributed by atoms with van der Waals surface area (Å²) in [5.74, 6) is -0.440. The summed E-state index contributed by atoms with van der Waals surface area (Å²) in [7, 11) is -3.28. The standard InChI is InChI=1S/C8H18N2O3S/c1-7(14(2,12)13)8(11)10-6-4-3-5-9/h7H,3-6,9H2,1-2H3,(H,10,11). The minimum absolute atomic E-state index is 0.440. The zero-order chi connectivity index (χ0) is 11.2. The van der Waals surface area contributed by atoms with Gasteiger partial charge in [-0.3, -0.25) is 4.79 Å². The molecule has 0 aromatic carbocycles. The van der Waals surface area contributed by atoms with Gasteiger partial charge in [-0.1, -0.05) is 0 Å². The van der Waals surface area contributed by atoms with E-state index in [0.717, 1.165) is 19.1 Å². The lowest BCUT2D eigenvalue weighted by Gasteiger charge is -2.09. The van der Waals surface area contributed by atoms with Gasteiger partial charge in [0.15, 0.2) is 9.84 Å². The fourth-order valence-electron chi connectivity index (χ4n) is 0.819. The van der Waals surface area contributed by atoms with E-state index in [9.17, 15) is 13.2 Å². The Kier molecular flexibility index (Phi) is 5.71. The normalized spacial score (nSPS) is 13.6.